The lowest BCUT2D eigenvalue weighted by molar-refractivity contribution is -0.567. The molecule has 6 heteroatoms. The molecule has 0 aliphatic carbocycles. The van der Waals surface area contributed by atoms with Crippen molar-refractivity contribution in [1.29, 1.82) is 0 Å². The summed E-state index contributed by atoms with van der Waals surface area (Å²) in [5.41, 5.74) is 4.73. The van der Waals surface area contributed by atoms with E-state index in [1.807, 2.05) is 60.7 Å². The lowest BCUT2D eigenvalue weighted by atomic mass is 9.90. The number of carbonyl (C=O) groups is 1. The first-order valence-corrected chi connectivity index (χ1v) is 9.95. The van der Waals surface area contributed by atoms with E-state index >= 15 is 0 Å². The molecule has 0 fully saturated rings. The predicted octanol–water partition coefficient (Wildman–Crippen LogP) is 4.15. The molecule has 5 rings (SSSR count). The lowest BCUT2D eigenvalue weighted by Crippen LogP contribution is -2.25. The number of esters is 1. The molecule has 2 heterocycles. The first kappa shape index (κ1) is 18.8. The third-order valence-electron chi connectivity index (χ3n) is 5.23. The van der Waals surface area contributed by atoms with Crippen molar-refractivity contribution in [2.24, 2.45) is 0 Å². The van der Waals surface area contributed by atoms with E-state index in [1.165, 1.54) is 4.52 Å². The first-order valence-electron chi connectivity index (χ1n) is 9.95. The van der Waals surface area contributed by atoms with Gasteiger partial charge in [0.05, 0.1) is 28.4 Å². The molecule has 0 saturated carbocycles. The van der Waals surface area contributed by atoms with Crippen molar-refractivity contribution < 1.29 is 23.7 Å². The molecule has 5 aromatic rings. The molecule has 3 aromatic carbocycles. The van der Waals surface area contributed by atoms with Gasteiger partial charge >= 0.3 is 5.97 Å². The molecular weight excluding hydrogens is 392 g/mol. The number of benzene rings is 3. The Bertz CT molecular complexity index is 1410. The van der Waals surface area contributed by atoms with Crippen LogP contribution in [0.2, 0.25) is 0 Å². The van der Waals surface area contributed by atoms with Crippen LogP contribution in [0.1, 0.15) is 17.3 Å². The van der Waals surface area contributed by atoms with Gasteiger partial charge in [-0.1, -0.05) is 60.7 Å². The minimum Gasteiger partial charge on any atom is -0.539 e. The highest BCUT2D eigenvalue weighted by Crippen LogP contribution is 2.41. The van der Waals surface area contributed by atoms with E-state index < -0.39 is 11.9 Å². The molecule has 0 aliphatic rings. The summed E-state index contributed by atoms with van der Waals surface area (Å²) in [5.74, 6) is -0.924. The summed E-state index contributed by atoms with van der Waals surface area (Å²) < 4.78 is 11.8. The second-order valence-corrected chi connectivity index (χ2v) is 7.06. The van der Waals surface area contributed by atoms with Crippen LogP contribution in [0, 0.1) is 0 Å². The SMILES string of the molecule is CCOC(=O)c1ccc2c(c1)c(-c1ccccc1)c(-c1ccccc1)c1c([O-])on[n+]12. The smallest absolute Gasteiger partial charge is 0.338 e. The molecule has 0 unspecified atom stereocenters. The van der Waals surface area contributed by atoms with Gasteiger partial charge in [0, 0.05) is 11.6 Å². The van der Waals surface area contributed by atoms with Gasteiger partial charge in [0.2, 0.25) is 5.52 Å². The zero-order valence-corrected chi connectivity index (χ0v) is 16.7. The van der Waals surface area contributed by atoms with Crippen molar-refractivity contribution in [2.45, 2.75) is 6.92 Å². The topological polar surface area (TPSA) is 79.5 Å². The van der Waals surface area contributed by atoms with E-state index in [2.05, 4.69) is 5.27 Å². The standard InChI is InChI=1S/C25H18N2O4/c1-2-30-24(28)18-13-14-20-19(15-18)21(16-9-5-3-6-10-16)22(17-11-7-4-8-12-17)23-25(29)31-26-27(20)23/h3-15H,2H2,1H3. The molecule has 0 bridgehead atoms. The van der Waals surface area contributed by atoms with Gasteiger partial charge in [-0.25, -0.2) is 4.79 Å². The summed E-state index contributed by atoms with van der Waals surface area (Å²) >= 11 is 0. The summed E-state index contributed by atoms with van der Waals surface area (Å²) in [6.07, 6.45) is 0. The van der Waals surface area contributed by atoms with Crippen LogP contribution in [0.3, 0.4) is 0 Å². The lowest BCUT2D eigenvalue weighted by Gasteiger charge is -2.13. The summed E-state index contributed by atoms with van der Waals surface area (Å²) in [6.45, 7) is 2.06. The van der Waals surface area contributed by atoms with Gasteiger partial charge in [-0.15, -0.1) is 0 Å². The monoisotopic (exact) mass is 410 g/mol. The third-order valence-corrected chi connectivity index (χ3v) is 5.23. The number of carbonyl (C=O) groups excluding carboxylic acids is 1. The molecule has 0 saturated heterocycles. The van der Waals surface area contributed by atoms with Gasteiger partial charge in [-0.2, -0.15) is 0 Å². The minimum atomic E-state index is -0.521. The Labute approximate surface area is 177 Å². The van der Waals surface area contributed by atoms with Gasteiger partial charge < -0.3 is 14.4 Å². The molecule has 152 valence electrons. The van der Waals surface area contributed by atoms with E-state index in [-0.39, 0.29) is 6.61 Å². The van der Waals surface area contributed by atoms with Crippen molar-refractivity contribution in [3.05, 3.63) is 84.4 Å². The van der Waals surface area contributed by atoms with Gasteiger partial charge in [0.15, 0.2) is 5.95 Å². The molecule has 2 aromatic heterocycles. The van der Waals surface area contributed by atoms with Gasteiger partial charge in [-0.05, 0) is 34.7 Å². The fourth-order valence-corrected chi connectivity index (χ4v) is 3.93. The predicted molar refractivity (Wildman–Crippen MR) is 113 cm³/mol. The van der Waals surface area contributed by atoms with Crippen molar-refractivity contribution in [3.8, 4) is 28.2 Å². The Morgan fingerprint density at radius 1 is 0.968 bits per heavy atom. The van der Waals surface area contributed by atoms with Crippen LogP contribution in [-0.2, 0) is 4.74 Å². The highest BCUT2D eigenvalue weighted by Gasteiger charge is 2.27. The van der Waals surface area contributed by atoms with E-state index in [0.717, 1.165) is 22.1 Å². The Kier molecular flexibility index (Phi) is 4.59. The molecule has 0 aliphatic heterocycles. The van der Waals surface area contributed by atoms with Crippen molar-refractivity contribution in [3.63, 3.8) is 0 Å². The quantitative estimate of drug-likeness (QED) is 0.328. The molecular formula is C25H18N2O4. The molecule has 0 atom stereocenters. The van der Waals surface area contributed by atoms with Crippen molar-refractivity contribution in [2.75, 3.05) is 6.61 Å². The normalized spacial score (nSPS) is 11.1. The minimum absolute atomic E-state index is 0.286. The summed E-state index contributed by atoms with van der Waals surface area (Å²) in [5, 5.41) is 17.5. The second kappa shape index (κ2) is 7.57. The van der Waals surface area contributed by atoms with Crippen LogP contribution in [0.5, 0.6) is 5.95 Å². The average Bonchev–Trinajstić information content (AvgIpc) is 3.20. The number of ether oxygens (including phenoxy) is 1. The zero-order valence-electron chi connectivity index (χ0n) is 16.7. The maximum absolute atomic E-state index is 12.7. The fourth-order valence-electron chi connectivity index (χ4n) is 3.93. The number of fused-ring (bicyclic) bond motifs is 3. The zero-order chi connectivity index (χ0) is 21.4. The van der Waals surface area contributed by atoms with E-state index in [4.69, 9.17) is 9.26 Å². The largest absolute Gasteiger partial charge is 0.539 e. The van der Waals surface area contributed by atoms with Crippen molar-refractivity contribution in [1.82, 2.24) is 5.27 Å². The molecule has 0 spiro atoms. The number of rotatable bonds is 4. The fraction of sp³-hybridized carbons (Fsp3) is 0.0800. The molecule has 31 heavy (non-hydrogen) atoms. The van der Waals surface area contributed by atoms with Gasteiger partial charge in [0.1, 0.15) is 0 Å². The van der Waals surface area contributed by atoms with Crippen LogP contribution in [0.15, 0.2) is 83.4 Å². The number of nitrogens with zero attached hydrogens (tertiary/aromatic N) is 2. The van der Waals surface area contributed by atoms with Crippen LogP contribution in [0.25, 0.3) is 38.7 Å². The highest BCUT2D eigenvalue weighted by molar-refractivity contribution is 6.08. The maximum atomic E-state index is 12.7. The number of aromatic nitrogens is 2. The third kappa shape index (κ3) is 3.09. The Balaban J connectivity index is 1.98. The average molecular weight is 410 g/mol. The number of pyridine rings is 1. The van der Waals surface area contributed by atoms with Gasteiger partial charge in [-0.3, -0.25) is 0 Å². The van der Waals surface area contributed by atoms with Crippen LogP contribution in [0.4, 0.5) is 0 Å². The van der Waals surface area contributed by atoms with E-state index in [1.54, 1.807) is 25.1 Å². The highest BCUT2D eigenvalue weighted by atomic mass is 16.6. The first-order chi connectivity index (χ1) is 15.2. The maximum Gasteiger partial charge on any atom is 0.338 e. The Hall–Kier alpha value is -4.19. The van der Waals surface area contributed by atoms with Crippen LogP contribution in [-0.4, -0.2) is 17.8 Å². The van der Waals surface area contributed by atoms with E-state index in [9.17, 15) is 9.90 Å². The summed E-state index contributed by atoms with van der Waals surface area (Å²) in [4.78, 5) is 12.4. The van der Waals surface area contributed by atoms with E-state index in [0.29, 0.717) is 22.2 Å². The molecule has 0 radical (unpaired) electrons. The van der Waals surface area contributed by atoms with Gasteiger partial charge in [0.25, 0.3) is 5.52 Å². The van der Waals surface area contributed by atoms with Crippen molar-refractivity contribution >= 4 is 22.4 Å². The molecule has 0 N–H and O–H groups in total. The van der Waals surface area contributed by atoms with Crippen LogP contribution >= 0.6 is 0 Å². The number of hydrogen-bond acceptors (Lipinski definition) is 5. The Morgan fingerprint density at radius 2 is 1.61 bits per heavy atom. The Morgan fingerprint density at radius 3 is 2.26 bits per heavy atom. The molecule has 0 amide bonds. The summed E-state index contributed by atoms with van der Waals surface area (Å²) in [7, 11) is 0. The summed E-state index contributed by atoms with van der Waals surface area (Å²) in [6, 6.07) is 24.6. The molecule has 6 nitrogen and oxygen atoms in total. The number of hydrogen-bond donors (Lipinski definition) is 0. The second-order valence-electron chi connectivity index (χ2n) is 7.06. The van der Waals surface area contributed by atoms with Crippen LogP contribution < -0.4 is 9.62 Å².